The minimum Gasteiger partial charge on any atom is -0.483 e. The number of aliphatic hydroxyl groups excluding tert-OH is 1. The number of imidazole rings is 1. The molecule has 10 nitrogen and oxygen atoms in total. The van der Waals surface area contributed by atoms with Crippen molar-refractivity contribution in [2.75, 3.05) is 25.0 Å². The summed E-state index contributed by atoms with van der Waals surface area (Å²) >= 11 is 6.03. The minimum absolute atomic E-state index is 0.0670. The van der Waals surface area contributed by atoms with E-state index in [1.54, 1.807) is 28.4 Å². The van der Waals surface area contributed by atoms with Crippen LogP contribution in [0.1, 0.15) is 18.4 Å². The molecule has 0 saturated carbocycles. The van der Waals surface area contributed by atoms with Crippen molar-refractivity contribution in [3.8, 4) is 6.07 Å². The summed E-state index contributed by atoms with van der Waals surface area (Å²) in [6, 6.07) is 9.66. The third-order valence-electron chi connectivity index (χ3n) is 5.72. The number of halogens is 1. The normalized spacial score (nSPS) is 15.6. The number of β-amino-alcohol motifs (C(OH)–C–C–N with tert-alkyl or cyclic N) is 1. The van der Waals surface area contributed by atoms with Gasteiger partial charge in [0.1, 0.15) is 16.8 Å². The van der Waals surface area contributed by atoms with Gasteiger partial charge in [-0.2, -0.15) is 5.26 Å². The Kier molecular flexibility index (Phi) is 8.06. The van der Waals surface area contributed by atoms with Crippen LogP contribution in [0.3, 0.4) is 0 Å². The van der Waals surface area contributed by atoms with Crippen molar-refractivity contribution >= 4 is 40.5 Å². The van der Waals surface area contributed by atoms with Gasteiger partial charge >= 0.3 is 5.69 Å². The highest BCUT2D eigenvalue weighted by atomic mass is 35.5. The molecular formula is C22H25ClN6O4. The van der Waals surface area contributed by atoms with Crippen molar-refractivity contribution in [1.29, 1.82) is 5.26 Å². The number of aromatic nitrogens is 3. The number of carboxylic acid groups (broad SMARTS) is 1. The first-order valence-electron chi connectivity index (χ1n) is 10.4. The van der Waals surface area contributed by atoms with Crippen LogP contribution in [0, 0.1) is 11.3 Å². The van der Waals surface area contributed by atoms with Crippen molar-refractivity contribution in [3.63, 3.8) is 0 Å². The lowest BCUT2D eigenvalue weighted by Crippen LogP contribution is -2.37. The zero-order valence-corrected chi connectivity index (χ0v) is 18.9. The molecule has 1 atom stereocenters. The molecule has 0 amide bonds. The predicted molar refractivity (Wildman–Crippen MR) is 125 cm³/mol. The van der Waals surface area contributed by atoms with E-state index in [9.17, 15) is 15.2 Å². The molecule has 1 unspecified atom stereocenters. The van der Waals surface area contributed by atoms with Crippen LogP contribution in [0.5, 0.6) is 0 Å². The second kappa shape index (κ2) is 11.0. The van der Waals surface area contributed by atoms with Crippen LogP contribution >= 0.6 is 11.6 Å². The number of hydrogen-bond donors (Lipinski definition) is 3. The molecule has 1 fully saturated rings. The third kappa shape index (κ3) is 5.17. The summed E-state index contributed by atoms with van der Waals surface area (Å²) in [5, 5.41) is 28.9. The van der Waals surface area contributed by atoms with Crippen molar-refractivity contribution in [3.05, 3.63) is 51.7 Å². The molecule has 1 aliphatic heterocycles. The van der Waals surface area contributed by atoms with E-state index < -0.39 is 0 Å². The lowest BCUT2D eigenvalue weighted by Gasteiger charge is -2.23. The summed E-state index contributed by atoms with van der Waals surface area (Å²) in [6.45, 7) is 2.00. The zero-order chi connectivity index (χ0) is 24.0. The minimum atomic E-state index is -0.250. The van der Waals surface area contributed by atoms with Gasteiger partial charge in [-0.1, -0.05) is 11.6 Å². The van der Waals surface area contributed by atoms with Gasteiger partial charge in [-0.3, -0.25) is 18.8 Å². The Hall–Kier alpha value is -3.39. The Morgan fingerprint density at radius 1 is 1.36 bits per heavy atom. The summed E-state index contributed by atoms with van der Waals surface area (Å²) in [5.41, 5.74) is 3.18. The molecule has 1 saturated heterocycles. The van der Waals surface area contributed by atoms with Gasteiger partial charge in [-0.05, 0) is 43.7 Å². The monoisotopic (exact) mass is 472 g/mol. The predicted octanol–water partition coefficient (Wildman–Crippen LogP) is 2.16. The first kappa shape index (κ1) is 24.3. The molecule has 0 aliphatic carbocycles. The SMILES string of the molecule is Cn1c(=O)n(CC2CCCN2CCO)c2cc(Nc3ccnc(Cl)c3C#N)ccc21.O=CO. The van der Waals surface area contributed by atoms with Crippen molar-refractivity contribution in [2.24, 2.45) is 7.05 Å². The molecule has 33 heavy (non-hydrogen) atoms. The molecule has 3 aromatic rings. The molecule has 0 bridgehead atoms. The first-order chi connectivity index (χ1) is 15.9. The zero-order valence-electron chi connectivity index (χ0n) is 18.1. The second-order valence-electron chi connectivity index (χ2n) is 7.58. The lowest BCUT2D eigenvalue weighted by molar-refractivity contribution is -0.122. The molecule has 1 aromatic carbocycles. The standard InChI is InChI=1S/C21H23ClN6O2.CH2O2/c1-26-18-5-4-14(25-17-6-7-24-20(22)16(17)12-23)11-19(18)28(21(26)30)13-15-3-2-8-27(15)9-10-29;2-1-3/h4-7,11,15,29H,2-3,8-10,13H2,1H3,(H,24,25);1H,(H,2,3). The smallest absolute Gasteiger partial charge is 0.328 e. The van der Waals surface area contributed by atoms with E-state index >= 15 is 0 Å². The van der Waals surface area contributed by atoms with Crippen LogP contribution in [0.15, 0.2) is 35.3 Å². The number of hydrogen-bond acceptors (Lipinski definition) is 7. The number of aryl methyl sites for hydroxylation is 1. The quantitative estimate of drug-likeness (QED) is 0.366. The Morgan fingerprint density at radius 2 is 2.12 bits per heavy atom. The number of fused-ring (bicyclic) bond motifs is 1. The van der Waals surface area contributed by atoms with Gasteiger partial charge in [0, 0.05) is 38.1 Å². The Labute approximate surface area is 195 Å². The van der Waals surface area contributed by atoms with E-state index in [2.05, 4.69) is 21.3 Å². The number of aliphatic hydroxyl groups is 1. The summed E-state index contributed by atoms with van der Waals surface area (Å²) in [6.07, 6.45) is 3.61. The van der Waals surface area contributed by atoms with Gasteiger partial charge in [-0.15, -0.1) is 0 Å². The van der Waals surface area contributed by atoms with Crippen molar-refractivity contribution in [1.82, 2.24) is 19.0 Å². The summed E-state index contributed by atoms with van der Waals surface area (Å²) in [7, 11) is 1.77. The number of carbonyl (C=O) groups is 1. The molecule has 4 rings (SSSR count). The number of nitrogens with zero attached hydrogens (tertiary/aromatic N) is 5. The molecule has 3 N–H and O–H groups in total. The molecule has 0 spiro atoms. The fourth-order valence-electron chi connectivity index (χ4n) is 4.20. The fourth-order valence-corrected chi connectivity index (χ4v) is 4.40. The number of likely N-dealkylation sites (tertiary alicyclic amines) is 1. The van der Waals surface area contributed by atoms with Crippen LogP contribution in [0.25, 0.3) is 11.0 Å². The average molecular weight is 473 g/mol. The molecule has 174 valence electrons. The number of nitrogens with one attached hydrogen (secondary N) is 1. The van der Waals surface area contributed by atoms with E-state index in [4.69, 9.17) is 21.5 Å². The number of anilines is 2. The van der Waals surface area contributed by atoms with Gasteiger partial charge in [0.05, 0.1) is 23.3 Å². The second-order valence-corrected chi connectivity index (χ2v) is 7.94. The maximum absolute atomic E-state index is 12.9. The highest BCUT2D eigenvalue weighted by molar-refractivity contribution is 6.31. The van der Waals surface area contributed by atoms with Gasteiger partial charge in [0.25, 0.3) is 6.47 Å². The molecule has 1 aliphatic rings. The highest BCUT2D eigenvalue weighted by Crippen LogP contribution is 2.27. The maximum atomic E-state index is 12.9. The molecular weight excluding hydrogens is 448 g/mol. The number of pyridine rings is 1. The maximum Gasteiger partial charge on any atom is 0.328 e. The van der Waals surface area contributed by atoms with E-state index in [0.29, 0.717) is 18.8 Å². The van der Waals surface area contributed by atoms with Crippen molar-refractivity contribution in [2.45, 2.75) is 25.4 Å². The summed E-state index contributed by atoms with van der Waals surface area (Å²) < 4.78 is 3.44. The molecule has 0 radical (unpaired) electrons. The molecule has 2 aromatic heterocycles. The number of nitriles is 1. The summed E-state index contributed by atoms with van der Waals surface area (Å²) in [5.74, 6) is 0. The van der Waals surface area contributed by atoms with E-state index in [1.807, 2.05) is 18.2 Å². The van der Waals surface area contributed by atoms with Gasteiger partial charge < -0.3 is 15.5 Å². The average Bonchev–Trinajstić information content (AvgIpc) is 3.33. The Bertz CT molecular complexity index is 1230. The van der Waals surface area contributed by atoms with Gasteiger partial charge in [0.15, 0.2) is 0 Å². The number of rotatable bonds is 6. The highest BCUT2D eigenvalue weighted by Gasteiger charge is 2.26. The summed E-state index contributed by atoms with van der Waals surface area (Å²) in [4.78, 5) is 27.5. The Balaban J connectivity index is 0.000000968. The Morgan fingerprint density at radius 3 is 2.82 bits per heavy atom. The molecule has 11 heteroatoms. The van der Waals surface area contributed by atoms with Crippen LogP contribution in [0.2, 0.25) is 5.15 Å². The largest absolute Gasteiger partial charge is 0.483 e. The first-order valence-corrected chi connectivity index (χ1v) is 10.8. The van der Waals surface area contributed by atoms with Crippen molar-refractivity contribution < 1.29 is 15.0 Å². The van der Waals surface area contributed by atoms with Gasteiger partial charge in [0.2, 0.25) is 0 Å². The van der Waals surface area contributed by atoms with Crippen LogP contribution in [-0.4, -0.2) is 61.4 Å². The topological polar surface area (TPSA) is 136 Å². The molecule has 3 heterocycles. The van der Waals surface area contributed by atoms with Crippen LogP contribution in [0.4, 0.5) is 11.4 Å². The van der Waals surface area contributed by atoms with E-state index in [-0.39, 0.29) is 35.5 Å². The van der Waals surface area contributed by atoms with E-state index in [1.165, 1.54) is 0 Å². The third-order valence-corrected chi connectivity index (χ3v) is 6.01. The van der Waals surface area contributed by atoms with Crippen LogP contribution in [-0.2, 0) is 18.4 Å². The number of benzene rings is 1. The fraction of sp³-hybridized carbons (Fsp3) is 0.364. The van der Waals surface area contributed by atoms with Crippen LogP contribution < -0.4 is 11.0 Å². The van der Waals surface area contributed by atoms with E-state index in [0.717, 1.165) is 36.1 Å². The van der Waals surface area contributed by atoms with Gasteiger partial charge in [-0.25, -0.2) is 9.78 Å². The lowest BCUT2D eigenvalue weighted by atomic mass is 10.2.